The molecule has 0 aromatic heterocycles. The Balaban J connectivity index is 1.98. The summed E-state index contributed by atoms with van der Waals surface area (Å²) in [5.41, 5.74) is 1.23. The van der Waals surface area contributed by atoms with E-state index in [4.69, 9.17) is 37.9 Å². The quantitative estimate of drug-likeness (QED) is 0.245. The topological polar surface area (TPSA) is 159 Å². The highest BCUT2D eigenvalue weighted by atomic mass is 16.8. The van der Waals surface area contributed by atoms with Crippen LogP contribution in [0.4, 0.5) is 0 Å². The average Bonchev–Trinajstić information content (AvgIpc) is 3.22. The first-order valence-electron chi connectivity index (χ1n) is 12.0. The van der Waals surface area contributed by atoms with Crippen LogP contribution in [0.15, 0.2) is 23.5 Å². The van der Waals surface area contributed by atoms with Crippen LogP contribution in [0.2, 0.25) is 0 Å². The number of ether oxygens (including phenoxy) is 8. The zero-order valence-electron chi connectivity index (χ0n) is 22.0. The van der Waals surface area contributed by atoms with Gasteiger partial charge in [0, 0.05) is 39.5 Å². The Labute approximate surface area is 219 Å². The minimum absolute atomic E-state index is 0.299. The molecule has 0 aromatic carbocycles. The van der Waals surface area contributed by atoms with Gasteiger partial charge in [-0.25, -0.2) is 4.79 Å². The van der Waals surface area contributed by atoms with Crippen molar-refractivity contribution >= 4 is 29.8 Å². The molecule has 210 valence electrons. The van der Waals surface area contributed by atoms with Crippen LogP contribution in [0.3, 0.4) is 0 Å². The number of fused-ring (bicyclic) bond motifs is 1. The molecule has 13 nitrogen and oxygen atoms in total. The summed E-state index contributed by atoms with van der Waals surface area (Å²) in [4.78, 5) is 59.7. The molecule has 2 aliphatic heterocycles. The van der Waals surface area contributed by atoms with Gasteiger partial charge in [0.15, 0.2) is 18.3 Å². The number of carbonyl (C=O) groups excluding carboxylic acids is 5. The lowest BCUT2D eigenvalue weighted by molar-refractivity contribution is -0.342. The summed E-state index contributed by atoms with van der Waals surface area (Å²) < 4.78 is 44.1. The molecule has 3 rings (SSSR count). The van der Waals surface area contributed by atoms with E-state index < -0.39 is 72.8 Å². The van der Waals surface area contributed by atoms with Gasteiger partial charge in [-0.1, -0.05) is 11.6 Å². The number of hydrogen-bond acceptors (Lipinski definition) is 13. The highest BCUT2D eigenvalue weighted by Crippen LogP contribution is 2.44. The second-order valence-corrected chi connectivity index (χ2v) is 9.09. The fourth-order valence-electron chi connectivity index (χ4n) is 4.81. The second-order valence-electron chi connectivity index (χ2n) is 9.09. The molecule has 0 spiro atoms. The Kier molecular flexibility index (Phi) is 9.50. The highest BCUT2D eigenvalue weighted by Gasteiger charge is 2.55. The lowest BCUT2D eigenvalue weighted by Gasteiger charge is -2.45. The molecular weight excluding hydrogens is 508 g/mol. The molecule has 1 aliphatic carbocycles. The van der Waals surface area contributed by atoms with Crippen LogP contribution < -0.4 is 0 Å². The number of methoxy groups -OCH3 is 1. The molecule has 8 atom stereocenters. The van der Waals surface area contributed by atoms with E-state index >= 15 is 0 Å². The van der Waals surface area contributed by atoms with E-state index in [2.05, 4.69) is 0 Å². The Morgan fingerprint density at radius 3 is 2.05 bits per heavy atom. The highest BCUT2D eigenvalue weighted by molar-refractivity contribution is 5.89. The van der Waals surface area contributed by atoms with Crippen molar-refractivity contribution in [3.05, 3.63) is 23.5 Å². The Morgan fingerprint density at radius 1 is 0.868 bits per heavy atom. The van der Waals surface area contributed by atoms with Crippen molar-refractivity contribution in [2.45, 2.75) is 78.0 Å². The molecule has 38 heavy (non-hydrogen) atoms. The van der Waals surface area contributed by atoms with Crippen molar-refractivity contribution in [1.29, 1.82) is 0 Å². The van der Waals surface area contributed by atoms with Crippen molar-refractivity contribution in [2.24, 2.45) is 11.8 Å². The van der Waals surface area contributed by atoms with Crippen LogP contribution >= 0.6 is 0 Å². The molecule has 0 saturated carbocycles. The van der Waals surface area contributed by atoms with Crippen molar-refractivity contribution < 1.29 is 61.9 Å². The first-order valence-corrected chi connectivity index (χ1v) is 12.0. The third kappa shape index (κ3) is 6.70. The molecule has 0 radical (unpaired) electrons. The summed E-state index contributed by atoms with van der Waals surface area (Å²) in [5, 5.41) is 0. The summed E-state index contributed by atoms with van der Waals surface area (Å²) in [7, 11) is 1.27. The molecule has 3 aliphatic rings. The number of hydrogen-bond donors (Lipinski definition) is 0. The molecule has 0 N–H and O–H groups in total. The van der Waals surface area contributed by atoms with Gasteiger partial charge in [-0.15, -0.1) is 0 Å². The SMILES string of the molecule is COC(=O)C1=COC(O[C@@H]2O[C@H](COC(C)=O)[C@@H](OC(C)=O)[C@H](OC(C)=O)[C@H]2OC(C)=O)[C@@H]2C(C)=CC[C@H]12. The minimum Gasteiger partial charge on any atom is -0.471 e. The summed E-state index contributed by atoms with van der Waals surface area (Å²) in [5.74, 6) is -4.14. The number of esters is 5. The van der Waals surface area contributed by atoms with Crippen molar-refractivity contribution in [3.63, 3.8) is 0 Å². The number of rotatable bonds is 8. The van der Waals surface area contributed by atoms with Gasteiger partial charge in [0.25, 0.3) is 0 Å². The van der Waals surface area contributed by atoms with Gasteiger partial charge in [0.05, 0.1) is 18.9 Å². The minimum atomic E-state index is -1.41. The predicted molar refractivity (Wildman–Crippen MR) is 123 cm³/mol. The first-order chi connectivity index (χ1) is 17.9. The van der Waals surface area contributed by atoms with Crippen molar-refractivity contribution in [1.82, 2.24) is 0 Å². The Hall–Kier alpha value is -3.45. The van der Waals surface area contributed by atoms with E-state index in [1.54, 1.807) is 0 Å². The molecule has 1 saturated heterocycles. The smallest absolute Gasteiger partial charge is 0.337 e. The molecule has 0 amide bonds. The average molecular weight is 541 g/mol. The van der Waals surface area contributed by atoms with Gasteiger partial charge in [-0.2, -0.15) is 0 Å². The third-order valence-electron chi connectivity index (χ3n) is 6.31. The van der Waals surface area contributed by atoms with Crippen LogP contribution in [0.25, 0.3) is 0 Å². The van der Waals surface area contributed by atoms with E-state index in [0.717, 1.165) is 26.3 Å². The number of carbonyl (C=O) groups is 5. The predicted octanol–water partition coefficient (Wildman–Crippen LogP) is 1.08. The second kappa shape index (κ2) is 12.4. The Morgan fingerprint density at radius 2 is 1.47 bits per heavy atom. The summed E-state index contributed by atoms with van der Waals surface area (Å²) >= 11 is 0. The van der Waals surface area contributed by atoms with E-state index in [1.165, 1.54) is 20.3 Å². The molecule has 1 fully saturated rings. The van der Waals surface area contributed by atoms with Crippen molar-refractivity contribution in [2.75, 3.05) is 13.7 Å². The van der Waals surface area contributed by atoms with Gasteiger partial charge in [-0.05, 0) is 13.3 Å². The van der Waals surface area contributed by atoms with Gasteiger partial charge in [0.2, 0.25) is 12.6 Å². The van der Waals surface area contributed by atoms with Gasteiger partial charge >= 0.3 is 29.8 Å². The number of allylic oxidation sites excluding steroid dienone is 1. The van der Waals surface area contributed by atoms with Crippen molar-refractivity contribution in [3.8, 4) is 0 Å². The molecule has 2 heterocycles. The zero-order chi connectivity index (χ0) is 28.1. The Bertz CT molecular complexity index is 1010. The van der Waals surface area contributed by atoms with Crippen LogP contribution in [-0.2, 0) is 61.9 Å². The van der Waals surface area contributed by atoms with Crippen LogP contribution in [0, 0.1) is 11.8 Å². The lowest BCUT2D eigenvalue weighted by atomic mass is 9.84. The zero-order valence-corrected chi connectivity index (χ0v) is 22.0. The summed E-state index contributed by atoms with van der Waals surface area (Å²) in [6, 6.07) is 0. The van der Waals surface area contributed by atoms with Crippen LogP contribution in [-0.4, -0.2) is 80.6 Å². The molecule has 1 unspecified atom stereocenters. The monoisotopic (exact) mass is 540 g/mol. The van der Waals surface area contributed by atoms with Gasteiger partial charge in [0.1, 0.15) is 12.7 Å². The molecule has 0 bridgehead atoms. The molecule has 0 aromatic rings. The first kappa shape index (κ1) is 29.1. The maximum atomic E-state index is 12.3. The third-order valence-corrected chi connectivity index (χ3v) is 6.31. The maximum absolute atomic E-state index is 12.3. The van der Waals surface area contributed by atoms with Gasteiger partial charge < -0.3 is 37.9 Å². The summed E-state index contributed by atoms with van der Waals surface area (Å²) in [6.07, 6.45) is -3.91. The summed E-state index contributed by atoms with van der Waals surface area (Å²) in [6.45, 7) is 6.05. The fourth-order valence-corrected chi connectivity index (χ4v) is 4.81. The van der Waals surface area contributed by atoms with E-state index in [9.17, 15) is 24.0 Å². The normalized spacial score (nSPS) is 31.9. The van der Waals surface area contributed by atoms with Crippen LogP contribution in [0.5, 0.6) is 0 Å². The van der Waals surface area contributed by atoms with E-state index in [-0.39, 0.29) is 12.5 Å². The standard InChI is InChI=1S/C25H32O13/c1-11-7-8-16-17(23(30)31-6)9-33-24(19(11)16)38-25-22(36-15(5)29)21(35-14(4)28)20(34-13(3)27)18(37-25)10-32-12(2)26/h7,9,16,18-22,24-25H,8,10H2,1-6H3/t16-,18-,19-,20-,21+,22-,24?,25+/m1/s1. The largest absolute Gasteiger partial charge is 0.471 e. The lowest BCUT2D eigenvalue weighted by Crippen LogP contribution is -2.63. The molecule has 13 heteroatoms. The maximum Gasteiger partial charge on any atom is 0.337 e. The fraction of sp³-hybridized carbons (Fsp3) is 0.640. The van der Waals surface area contributed by atoms with Crippen LogP contribution in [0.1, 0.15) is 41.0 Å². The molecular formula is C25H32O13. The van der Waals surface area contributed by atoms with E-state index in [1.807, 2.05) is 13.0 Å². The van der Waals surface area contributed by atoms with E-state index in [0.29, 0.717) is 12.0 Å². The van der Waals surface area contributed by atoms with Gasteiger partial charge in [-0.3, -0.25) is 19.2 Å².